The van der Waals surface area contributed by atoms with Crippen LogP contribution >= 0.6 is 23.2 Å². The van der Waals surface area contributed by atoms with Gasteiger partial charge in [0.2, 0.25) is 6.33 Å². The topological polar surface area (TPSA) is 8.81 Å². The van der Waals surface area contributed by atoms with Crippen molar-refractivity contribution in [1.29, 1.82) is 0 Å². The summed E-state index contributed by atoms with van der Waals surface area (Å²) in [5, 5.41) is 1.59. The highest BCUT2D eigenvalue weighted by Gasteiger charge is 2.09. The number of nitrogens with zero attached hydrogens (tertiary/aromatic N) is 2. The number of aromatic nitrogens is 2. The second kappa shape index (κ2) is 7.68. The van der Waals surface area contributed by atoms with Crippen molar-refractivity contribution < 1.29 is 17.0 Å². The van der Waals surface area contributed by atoms with Crippen molar-refractivity contribution in [2.45, 2.75) is 13.1 Å². The van der Waals surface area contributed by atoms with Crippen LogP contribution in [-0.4, -0.2) is 4.57 Å². The van der Waals surface area contributed by atoms with E-state index in [-0.39, 0.29) is 12.4 Å². The highest BCUT2D eigenvalue weighted by Crippen LogP contribution is 2.16. The molecule has 22 heavy (non-hydrogen) atoms. The summed E-state index contributed by atoms with van der Waals surface area (Å²) in [6.45, 7) is 1.52. The molecule has 0 fully saturated rings. The average molecular weight is 354 g/mol. The van der Waals surface area contributed by atoms with Gasteiger partial charge in [-0.25, -0.2) is 9.13 Å². The Hall–Kier alpha value is -1.48. The number of rotatable bonds is 4. The molecule has 0 atom stereocenters. The minimum Gasteiger partial charge on any atom is -1.00 e. The summed E-state index contributed by atoms with van der Waals surface area (Å²) >= 11 is 12.4. The first-order valence-corrected chi connectivity index (χ1v) is 7.49. The van der Waals surface area contributed by atoms with Crippen LogP contribution in [0.2, 0.25) is 10.0 Å². The maximum Gasteiger partial charge on any atom is 0.244 e. The van der Waals surface area contributed by atoms with Crippen molar-refractivity contribution in [1.82, 2.24) is 4.57 Å². The summed E-state index contributed by atoms with van der Waals surface area (Å²) in [6, 6.07) is 15.8. The molecule has 0 N–H and O–H groups in total. The van der Waals surface area contributed by atoms with Crippen LogP contribution < -0.4 is 17.0 Å². The Bertz CT molecular complexity index is 691. The number of hydrogen-bond acceptors (Lipinski definition) is 0. The first-order valence-electron chi connectivity index (χ1n) is 6.74. The van der Waals surface area contributed by atoms with E-state index < -0.39 is 0 Å². The van der Waals surface area contributed by atoms with Gasteiger partial charge in [-0.1, -0.05) is 59.6 Å². The van der Waals surface area contributed by atoms with Gasteiger partial charge in [0, 0.05) is 21.2 Å². The molecule has 0 amide bonds. The molecule has 0 unspecified atom stereocenters. The molecular formula is C17H15Cl3N2. The molecule has 3 rings (SSSR count). The lowest BCUT2D eigenvalue weighted by atomic mass is 10.2. The zero-order valence-corrected chi connectivity index (χ0v) is 14.1. The molecule has 0 spiro atoms. The first-order chi connectivity index (χ1) is 10.2. The van der Waals surface area contributed by atoms with Crippen LogP contribution in [0.3, 0.4) is 0 Å². The van der Waals surface area contributed by atoms with Gasteiger partial charge in [-0.2, -0.15) is 0 Å². The van der Waals surface area contributed by atoms with Crippen molar-refractivity contribution in [3.63, 3.8) is 0 Å². The van der Waals surface area contributed by atoms with Crippen molar-refractivity contribution in [2.24, 2.45) is 0 Å². The van der Waals surface area contributed by atoms with E-state index in [4.69, 9.17) is 23.2 Å². The average Bonchev–Trinajstić information content (AvgIpc) is 2.91. The molecule has 0 saturated carbocycles. The summed E-state index contributed by atoms with van der Waals surface area (Å²) in [5.74, 6) is 0. The summed E-state index contributed by atoms with van der Waals surface area (Å²) in [5.41, 5.74) is 2.22. The lowest BCUT2D eigenvalue weighted by Crippen LogP contribution is -3.00. The van der Waals surface area contributed by atoms with Gasteiger partial charge < -0.3 is 12.4 Å². The summed E-state index contributed by atoms with van der Waals surface area (Å²) in [7, 11) is 0. The van der Waals surface area contributed by atoms with Crippen molar-refractivity contribution in [3.05, 3.63) is 88.4 Å². The maximum absolute atomic E-state index is 6.19. The van der Waals surface area contributed by atoms with Gasteiger partial charge in [0.1, 0.15) is 25.5 Å². The zero-order chi connectivity index (χ0) is 14.7. The monoisotopic (exact) mass is 352 g/mol. The molecule has 1 heterocycles. The quantitative estimate of drug-likeness (QED) is 0.623. The fourth-order valence-corrected chi connectivity index (χ4v) is 2.66. The highest BCUT2D eigenvalue weighted by molar-refractivity contribution is 6.31. The number of benzene rings is 2. The third kappa shape index (κ3) is 4.04. The molecule has 0 aliphatic heterocycles. The minimum absolute atomic E-state index is 0. The highest BCUT2D eigenvalue weighted by atomic mass is 35.5. The van der Waals surface area contributed by atoms with Crippen LogP contribution in [0.5, 0.6) is 0 Å². The van der Waals surface area contributed by atoms with Gasteiger partial charge in [0.25, 0.3) is 0 Å². The van der Waals surface area contributed by atoms with Crippen LogP contribution in [-0.2, 0) is 13.1 Å². The van der Waals surface area contributed by atoms with Gasteiger partial charge in [0.15, 0.2) is 0 Å². The summed E-state index contributed by atoms with van der Waals surface area (Å²) < 4.78 is 4.22. The second-order valence-corrected chi connectivity index (χ2v) is 5.76. The fourth-order valence-electron chi connectivity index (χ4n) is 2.27. The smallest absolute Gasteiger partial charge is 0.244 e. The predicted molar refractivity (Wildman–Crippen MR) is 85.7 cm³/mol. The molecule has 1 aromatic heterocycles. The van der Waals surface area contributed by atoms with Crippen LogP contribution in [0, 0.1) is 0 Å². The Balaban J connectivity index is 0.00000176. The number of halogens is 3. The van der Waals surface area contributed by atoms with E-state index in [1.54, 1.807) is 0 Å². The van der Waals surface area contributed by atoms with E-state index in [0.29, 0.717) is 0 Å². The number of imidazole rings is 1. The third-order valence-corrected chi connectivity index (χ3v) is 4.11. The van der Waals surface area contributed by atoms with Gasteiger partial charge in [-0.3, -0.25) is 0 Å². The van der Waals surface area contributed by atoms with E-state index in [9.17, 15) is 0 Å². The Kier molecular flexibility index (Phi) is 5.90. The second-order valence-electron chi connectivity index (χ2n) is 4.94. The summed E-state index contributed by atoms with van der Waals surface area (Å²) in [4.78, 5) is 0. The molecule has 114 valence electrons. The lowest BCUT2D eigenvalue weighted by Gasteiger charge is -2.01. The zero-order valence-electron chi connectivity index (χ0n) is 11.8. The molecule has 5 heteroatoms. The molecule has 3 aromatic rings. The van der Waals surface area contributed by atoms with Crippen molar-refractivity contribution in [3.8, 4) is 0 Å². The Morgan fingerprint density at radius 2 is 1.45 bits per heavy atom. The molecule has 2 nitrogen and oxygen atoms in total. The number of hydrogen-bond donors (Lipinski definition) is 0. The normalized spacial score (nSPS) is 10.3. The SMILES string of the molecule is Clc1ccccc1Cn1cc[n+](Cc2ccccc2Cl)c1.[Cl-]. The minimum atomic E-state index is 0. The van der Waals surface area contributed by atoms with Gasteiger partial charge in [-0.15, -0.1) is 0 Å². The van der Waals surface area contributed by atoms with Gasteiger partial charge in [-0.05, 0) is 12.1 Å². The lowest BCUT2D eigenvalue weighted by molar-refractivity contribution is -0.687. The summed E-state index contributed by atoms with van der Waals surface area (Å²) in [6.07, 6.45) is 6.15. The third-order valence-electron chi connectivity index (χ3n) is 3.37. The van der Waals surface area contributed by atoms with Crippen LogP contribution in [0.15, 0.2) is 67.3 Å². The largest absolute Gasteiger partial charge is 1.00 e. The van der Waals surface area contributed by atoms with E-state index in [0.717, 1.165) is 34.3 Å². The molecule has 0 bridgehead atoms. The molecule has 0 radical (unpaired) electrons. The molecular weight excluding hydrogens is 339 g/mol. The van der Waals surface area contributed by atoms with Crippen LogP contribution in [0.4, 0.5) is 0 Å². The molecule has 2 aromatic carbocycles. The van der Waals surface area contributed by atoms with E-state index >= 15 is 0 Å². The Morgan fingerprint density at radius 3 is 2.09 bits per heavy atom. The predicted octanol–water partition coefficient (Wildman–Crippen LogP) is 1.18. The van der Waals surface area contributed by atoms with Gasteiger partial charge in [0.05, 0.1) is 0 Å². The van der Waals surface area contributed by atoms with E-state index in [2.05, 4.69) is 15.5 Å². The van der Waals surface area contributed by atoms with Crippen molar-refractivity contribution >= 4 is 23.2 Å². The fraction of sp³-hybridized carbons (Fsp3) is 0.118. The first kappa shape index (κ1) is 16.9. The molecule has 0 aliphatic rings. The van der Waals surface area contributed by atoms with Gasteiger partial charge >= 0.3 is 0 Å². The van der Waals surface area contributed by atoms with Crippen molar-refractivity contribution in [2.75, 3.05) is 0 Å². The van der Waals surface area contributed by atoms with Crippen LogP contribution in [0.25, 0.3) is 0 Å². The standard InChI is InChI=1S/C17H15Cl2N2.ClH/c18-16-7-3-1-5-14(16)11-20-9-10-21(13-20)12-15-6-2-4-8-17(15)19;/h1-10,13H,11-12H2;1H/q+1;/p-1. The van der Waals surface area contributed by atoms with E-state index in [1.165, 1.54) is 0 Å². The Morgan fingerprint density at radius 1 is 0.864 bits per heavy atom. The molecule has 0 aliphatic carbocycles. The Labute approximate surface area is 146 Å². The maximum atomic E-state index is 6.19. The van der Waals surface area contributed by atoms with E-state index in [1.807, 2.05) is 60.9 Å². The molecule has 0 saturated heterocycles. The van der Waals surface area contributed by atoms with Crippen LogP contribution in [0.1, 0.15) is 11.1 Å².